The quantitative estimate of drug-likeness (QED) is 0.176. The van der Waals surface area contributed by atoms with Gasteiger partial charge in [-0.1, -0.05) is 65.9 Å². The summed E-state index contributed by atoms with van der Waals surface area (Å²) >= 11 is 2.79. The monoisotopic (exact) mass is 631 g/mol. The number of anilines is 1. The summed E-state index contributed by atoms with van der Waals surface area (Å²) in [5.41, 5.74) is 4.24. The molecular formula is C34H25N5O4S2. The molecular weight excluding hydrogens is 607 g/mol. The van der Waals surface area contributed by atoms with Gasteiger partial charge in [0.25, 0.3) is 17.2 Å². The highest BCUT2D eigenvalue weighted by atomic mass is 32.1. The van der Waals surface area contributed by atoms with Crippen LogP contribution >= 0.6 is 22.7 Å². The van der Waals surface area contributed by atoms with Crippen molar-refractivity contribution in [2.45, 2.75) is 19.5 Å². The molecule has 4 heterocycles. The molecule has 45 heavy (non-hydrogen) atoms. The minimum atomic E-state index is -0.615. The van der Waals surface area contributed by atoms with Crippen LogP contribution in [0.4, 0.5) is 11.4 Å². The Morgan fingerprint density at radius 3 is 2.51 bits per heavy atom. The van der Waals surface area contributed by atoms with Gasteiger partial charge in [0.1, 0.15) is 6.04 Å². The molecule has 1 aliphatic rings. The molecule has 1 aliphatic heterocycles. The minimum absolute atomic E-state index is 0.0453. The van der Waals surface area contributed by atoms with Crippen molar-refractivity contribution in [1.29, 1.82) is 0 Å². The van der Waals surface area contributed by atoms with Gasteiger partial charge in [-0.05, 0) is 48.2 Å². The molecule has 0 saturated carbocycles. The Bertz CT molecular complexity index is 2300. The highest BCUT2D eigenvalue weighted by molar-refractivity contribution is 7.10. The zero-order chi connectivity index (χ0) is 31.1. The smallest absolute Gasteiger partial charge is 0.271 e. The van der Waals surface area contributed by atoms with Crippen molar-refractivity contribution in [3.8, 4) is 0 Å². The number of carbonyl (C=O) groups excluding carboxylic acids is 1. The molecule has 9 nitrogen and oxygen atoms in total. The fourth-order valence-corrected chi connectivity index (χ4v) is 7.49. The van der Waals surface area contributed by atoms with E-state index in [0.717, 1.165) is 26.9 Å². The van der Waals surface area contributed by atoms with Crippen LogP contribution in [0.3, 0.4) is 0 Å². The van der Waals surface area contributed by atoms with Gasteiger partial charge >= 0.3 is 0 Å². The summed E-state index contributed by atoms with van der Waals surface area (Å²) in [5.74, 6) is -0.301. The van der Waals surface area contributed by atoms with E-state index in [9.17, 15) is 19.7 Å². The molecule has 3 aromatic heterocycles. The van der Waals surface area contributed by atoms with Crippen molar-refractivity contribution in [3.63, 3.8) is 0 Å². The molecule has 1 amide bonds. The number of aromatic nitrogens is 2. The Balaban J connectivity index is 1.31. The summed E-state index contributed by atoms with van der Waals surface area (Å²) in [7, 11) is 0. The lowest BCUT2D eigenvalue weighted by Gasteiger charge is -2.24. The van der Waals surface area contributed by atoms with Gasteiger partial charge in [-0.15, -0.1) is 11.3 Å². The second-order valence-electron chi connectivity index (χ2n) is 10.6. The Kier molecular flexibility index (Phi) is 7.32. The van der Waals surface area contributed by atoms with Gasteiger partial charge in [0, 0.05) is 51.9 Å². The molecule has 0 aliphatic carbocycles. The number of non-ortho nitro benzene ring substituents is 1. The molecule has 0 radical (unpaired) electrons. The van der Waals surface area contributed by atoms with Crippen molar-refractivity contribution < 1.29 is 9.72 Å². The second-order valence-corrected chi connectivity index (χ2v) is 12.6. The third-order valence-electron chi connectivity index (χ3n) is 7.72. The standard InChI is InChI=1S/C34H25N5O4S2/c1-21-30(32(40)36-24-8-3-2-4-9-24)31(28-12-7-17-44-28)38-33(41)29(45-34(38)35-21)18-23-20-37(27-11-6-5-10-26(23)27)19-22-13-15-25(16-14-22)39(42)43/h2-18,20,31H,19H2,1H3,(H,36,40)/b29-18-/t31-/m1/s1. The first-order valence-corrected chi connectivity index (χ1v) is 15.8. The van der Waals surface area contributed by atoms with E-state index in [1.54, 1.807) is 16.7 Å². The van der Waals surface area contributed by atoms with Gasteiger partial charge in [-0.3, -0.25) is 24.3 Å². The van der Waals surface area contributed by atoms with E-state index < -0.39 is 11.0 Å². The molecule has 7 rings (SSSR count). The number of hydrogen-bond acceptors (Lipinski definition) is 7. The van der Waals surface area contributed by atoms with Crippen LogP contribution in [-0.2, 0) is 11.3 Å². The van der Waals surface area contributed by atoms with Crippen molar-refractivity contribution in [2.75, 3.05) is 5.32 Å². The number of thiazole rings is 1. The predicted molar refractivity (Wildman–Crippen MR) is 177 cm³/mol. The first-order chi connectivity index (χ1) is 21.9. The van der Waals surface area contributed by atoms with Crippen molar-refractivity contribution in [3.05, 3.63) is 160 Å². The number of nitrogens with zero attached hydrogens (tertiary/aromatic N) is 4. The Hall–Kier alpha value is -5.39. The number of hydrogen-bond donors (Lipinski definition) is 1. The number of fused-ring (bicyclic) bond motifs is 2. The number of para-hydroxylation sites is 2. The summed E-state index contributed by atoms with van der Waals surface area (Å²) in [6, 6.07) is 26.9. The van der Waals surface area contributed by atoms with Crippen LogP contribution < -0.4 is 20.2 Å². The number of thiophene rings is 1. The highest BCUT2D eigenvalue weighted by Gasteiger charge is 2.33. The normalized spacial score (nSPS) is 14.8. The molecule has 0 fully saturated rings. The third kappa shape index (κ3) is 5.32. The van der Waals surface area contributed by atoms with E-state index in [-0.39, 0.29) is 17.2 Å². The van der Waals surface area contributed by atoms with Crippen molar-refractivity contribution >= 4 is 56.9 Å². The number of benzene rings is 3. The average molecular weight is 632 g/mol. The summed E-state index contributed by atoms with van der Waals surface area (Å²) in [5, 5.41) is 17.0. The molecule has 6 aromatic rings. The van der Waals surface area contributed by atoms with E-state index in [4.69, 9.17) is 4.99 Å². The van der Waals surface area contributed by atoms with Gasteiger partial charge in [-0.25, -0.2) is 4.99 Å². The van der Waals surface area contributed by atoms with Crippen LogP contribution in [0.15, 0.2) is 124 Å². The Labute approximate surface area is 264 Å². The summed E-state index contributed by atoms with van der Waals surface area (Å²) < 4.78 is 4.21. The maximum atomic E-state index is 14.1. The van der Waals surface area contributed by atoms with Gasteiger partial charge < -0.3 is 9.88 Å². The van der Waals surface area contributed by atoms with Crippen LogP contribution in [-0.4, -0.2) is 20.0 Å². The van der Waals surface area contributed by atoms with Crippen LogP contribution in [0.25, 0.3) is 17.0 Å². The van der Waals surface area contributed by atoms with Crippen molar-refractivity contribution in [2.24, 2.45) is 4.99 Å². The number of nitro benzene ring substituents is 1. The van der Waals surface area contributed by atoms with Crippen LogP contribution in [0.1, 0.15) is 29.0 Å². The average Bonchev–Trinajstić information content (AvgIpc) is 3.77. The number of allylic oxidation sites excluding steroid dienone is 1. The molecule has 0 unspecified atom stereocenters. The Morgan fingerprint density at radius 2 is 1.78 bits per heavy atom. The zero-order valence-corrected chi connectivity index (χ0v) is 25.5. The van der Waals surface area contributed by atoms with Crippen LogP contribution in [0.5, 0.6) is 0 Å². The summed E-state index contributed by atoms with van der Waals surface area (Å²) in [4.78, 5) is 44.7. The number of nitrogens with one attached hydrogen (secondary N) is 1. The van der Waals surface area contributed by atoms with Gasteiger partial charge in [0.15, 0.2) is 4.80 Å². The number of rotatable bonds is 7. The predicted octanol–water partition coefficient (Wildman–Crippen LogP) is 5.85. The topological polar surface area (TPSA) is 112 Å². The van der Waals surface area contributed by atoms with Gasteiger partial charge in [-0.2, -0.15) is 0 Å². The van der Waals surface area contributed by atoms with E-state index in [1.165, 1.54) is 34.8 Å². The lowest BCUT2D eigenvalue weighted by molar-refractivity contribution is -0.384. The van der Waals surface area contributed by atoms with Crippen LogP contribution in [0, 0.1) is 10.1 Å². The highest BCUT2D eigenvalue weighted by Crippen LogP contribution is 2.33. The Morgan fingerprint density at radius 1 is 1.02 bits per heavy atom. The molecule has 3 aromatic carbocycles. The number of amides is 1. The van der Waals surface area contributed by atoms with E-state index >= 15 is 0 Å². The maximum Gasteiger partial charge on any atom is 0.271 e. The zero-order valence-electron chi connectivity index (χ0n) is 23.9. The molecule has 11 heteroatoms. The molecule has 1 N–H and O–H groups in total. The van der Waals surface area contributed by atoms with Crippen LogP contribution in [0.2, 0.25) is 0 Å². The van der Waals surface area contributed by atoms with Gasteiger partial charge in [0.2, 0.25) is 0 Å². The first kappa shape index (κ1) is 28.4. The first-order valence-electron chi connectivity index (χ1n) is 14.1. The molecule has 1 atom stereocenters. The molecule has 0 saturated heterocycles. The van der Waals surface area contributed by atoms with Gasteiger partial charge in [0.05, 0.1) is 20.7 Å². The SMILES string of the molecule is CC1=C(C(=O)Nc2ccccc2)[C@@H](c2cccs2)n2c(s/c(=C\c3cn(Cc4ccc([N+](=O)[O-])cc4)c4ccccc34)c2=O)=N1. The minimum Gasteiger partial charge on any atom is -0.342 e. The number of carbonyl (C=O) groups is 1. The molecule has 0 bridgehead atoms. The fourth-order valence-electron chi connectivity index (χ4n) is 5.63. The maximum absolute atomic E-state index is 14.1. The molecule has 0 spiro atoms. The lowest BCUT2D eigenvalue weighted by atomic mass is 10.0. The third-order valence-corrected chi connectivity index (χ3v) is 9.62. The number of nitro groups is 1. The largest absolute Gasteiger partial charge is 0.342 e. The summed E-state index contributed by atoms with van der Waals surface area (Å²) in [6.07, 6.45) is 3.87. The van der Waals surface area contributed by atoms with E-state index in [0.29, 0.717) is 32.8 Å². The summed E-state index contributed by atoms with van der Waals surface area (Å²) in [6.45, 7) is 2.31. The fraction of sp³-hybridized carbons (Fsp3) is 0.0882. The van der Waals surface area contributed by atoms with E-state index in [1.807, 2.05) is 91.3 Å². The second kappa shape index (κ2) is 11.6. The van der Waals surface area contributed by atoms with Crippen molar-refractivity contribution in [1.82, 2.24) is 9.13 Å². The lowest BCUT2D eigenvalue weighted by Crippen LogP contribution is -2.40. The van der Waals surface area contributed by atoms with E-state index in [2.05, 4.69) is 9.88 Å². The molecule has 222 valence electrons.